The highest BCUT2D eigenvalue weighted by molar-refractivity contribution is 5.96. The minimum Gasteiger partial charge on any atom is -0.369 e. The average molecular weight is 490 g/mol. The van der Waals surface area contributed by atoms with Crippen molar-refractivity contribution < 1.29 is 9.59 Å². The molecule has 3 fully saturated rings. The smallest absolute Gasteiger partial charge is 0.257 e. The molecular formula is C29H39N5O2. The fourth-order valence-electron chi connectivity index (χ4n) is 7.24. The van der Waals surface area contributed by atoms with Crippen LogP contribution < -0.4 is 5.73 Å². The van der Waals surface area contributed by atoms with Gasteiger partial charge in [-0.2, -0.15) is 0 Å². The van der Waals surface area contributed by atoms with Crippen LogP contribution in [0.15, 0.2) is 36.7 Å². The summed E-state index contributed by atoms with van der Waals surface area (Å²) in [7, 11) is 0. The molecule has 1 aromatic heterocycles. The van der Waals surface area contributed by atoms with Gasteiger partial charge in [-0.1, -0.05) is 43.2 Å². The quantitative estimate of drug-likeness (QED) is 0.640. The molecule has 4 atom stereocenters. The molecule has 2 N–H and O–H groups in total. The number of nitrogens with zero attached hydrogens (tertiary/aromatic N) is 4. The molecule has 2 amide bonds. The zero-order valence-electron chi connectivity index (χ0n) is 21.8. The van der Waals surface area contributed by atoms with Gasteiger partial charge in [-0.3, -0.25) is 14.5 Å². The summed E-state index contributed by atoms with van der Waals surface area (Å²) in [5.74, 6) is 1.02. The molecule has 1 saturated carbocycles. The molecule has 1 aliphatic carbocycles. The first-order valence-electron chi connectivity index (χ1n) is 13.5. The zero-order valence-corrected chi connectivity index (χ0v) is 21.8. The van der Waals surface area contributed by atoms with E-state index in [-0.39, 0.29) is 17.7 Å². The second-order valence-electron chi connectivity index (χ2n) is 11.4. The fraction of sp³-hybridized carbons (Fsp3) is 0.586. The molecule has 5 rings (SSSR count). The van der Waals surface area contributed by atoms with Crippen LogP contribution in [0.3, 0.4) is 0 Å². The topological polar surface area (TPSA) is 92.4 Å². The molecule has 7 nitrogen and oxygen atoms in total. The van der Waals surface area contributed by atoms with Gasteiger partial charge in [0.2, 0.25) is 5.91 Å². The van der Waals surface area contributed by atoms with Gasteiger partial charge in [-0.25, -0.2) is 9.97 Å². The van der Waals surface area contributed by atoms with E-state index in [2.05, 4.69) is 46.1 Å². The number of carbonyl (C=O) groups excluding carboxylic acids is 2. The summed E-state index contributed by atoms with van der Waals surface area (Å²) in [6.45, 7) is 9.62. The lowest BCUT2D eigenvalue weighted by molar-refractivity contribution is -0.129. The third kappa shape index (κ3) is 4.42. The molecule has 36 heavy (non-hydrogen) atoms. The van der Waals surface area contributed by atoms with Gasteiger partial charge < -0.3 is 10.6 Å². The van der Waals surface area contributed by atoms with E-state index in [1.807, 2.05) is 24.8 Å². The Hall–Kier alpha value is -2.80. The van der Waals surface area contributed by atoms with E-state index >= 15 is 0 Å². The van der Waals surface area contributed by atoms with Crippen LogP contribution in [0.5, 0.6) is 0 Å². The first-order chi connectivity index (χ1) is 17.3. The van der Waals surface area contributed by atoms with Gasteiger partial charge in [0.1, 0.15) is 6.33 Å². The maximum Gasteiger partial charge on any atom is 0.257 e. The van der Waals surface area contributed by atoms with Crippen molar-refractivity contribution in [3.8, 4) is 0 Å². The largest absolute Gasteiger partial charge is 0.369 e. The highest BCUT2D eigenvalue weighted by Gasteiger charge is 2.49. The third-order valence-corrected chi connectivity index (χ3v) is 9.30. The number of likely N-dealkylation sites (tertiary alicyclic amines) is 2. The van der Waals surface area contributed by atoms with Crippen molar-refractivity contribution >= 4 is 11.8 Å². The molecule has 2 saturated heterocycles. The Kier molecular flexibility index (Phi) is 6.86. The number of carbonyl (C=O) groups is 2. The Morgan fingerprint density at radius 2 is 1.58 bits per heavy atom. The van der Waals surface area contributed by atoms with Crippen LogP contribution in [0.2, 0.25) is 0 Å². The van der Waals surface area contributed by atoms with Crippen molar-refractivity contribution in [2.24, 2.45) is 23.0 Å². The van der Waals surface area contributed by atoms with Gasteiger partial charge in [0.25, 0.3) is 5.91 Å². The predicted octanol–water partition coefficient (Wildman–Crippen LogP) is 3.71. The molecule has 2 aliphatic heterocycles. The Morgan fingerprint density at radius 1 is 1.00 bits per heavy atom. The lowest BCUT2D eigenvalue weighted by atomic mass is 9.67. The predicted molar refractivity (Wildman–Crippen MR) is 139 cm³/mol. The molecule has 3 unspecified atom stereocenters. The second kappa shape index (κ2) is 9.92. The molecule has 0 bridgehead atoms. The summed E-state index contributed by atoms with van der Waals surface area (Å²) in [5.41, 5.74) is 9.04. The van der Waals surface area contributed by atoms with E-state index in [1.165, 1.54) is 11.9 Å². The minimum absolute atomic E-state index is 0.0633. The summed E-state index contributed by atoms with van der Waals surface area (Å²) in [6.07, 6.45) is 6.37. The molecule has 1 aromatic carbocycles. The third-order valence-electron chi connectivity index (χ3n) is 9.30. The van der Waals surface area contributed by atoms with Crippen molar-refractivity contribution in [1.29, 1.82) is 0 Å². The molecule has 192 valence electrons. The van der Waals surface area contributed by atoms with E-state index in [0.717, 1.165) is 69.7 Å². The zero-order chi connectivity index (χ0) is 25.4. The van der Waals surface area contributed by atoms with Gasteiger partial charge in [-0.05, 0) is 63.4 Å². The normalized spacial score (nSPS) is 25.0. The molecule has 7 heteroatoms. The van der Waals surface area contributed by atoms with Gasteiger partial charge in [-0.15, -0.1) is 0 Å². The van der Waals surface area contributed by atoms with Crippen LogP contribution in [0, 0.1) is 31.1 Å². The van der Waals surface area contributed by atoms with E-state index in [9.17, 15) is 9.59 Å². The number of aryl methyl sites for hydroxylation is 2. The standard InChI is InChI=1S/C29H39N5O2/c1-19(13-25(22-9-5-4-6-10-22)29(28(30)36)11-7-8-12-29)33-14-23-16-34(17-24(23)15-33)27(35)26-20(2)31-18-32-21(26)3/h4-6,9-10,18-19,23-25H,7-8,11-17H2,1-3H3,(H2,30,36)/t19?,23?,24?,25-/m0/s1. The van der Waals surface area contributed by atoms with Crippen molar-refractivity contribution in [2.45, 2.75) is 64.8 Å². The molecule has 0 radical (unpaired) electrons. The van der Waals surface area contributed by atoms with Crippen molar-refractivity contribution in [3.05, 3.63) is 59.2 Å². The number of fused-ring (bicyclic) bond motifs is 1. The number of amides is 2. The van der Waals surface area contributed by atoms with E-state index in [1.54, 1.807) is 0 Å². The van der Waals surface area contributed by atoms with Crippen LogP contribution in [-0.2, 0) is 4.79 Å². The van der Waals surface area contributed by atoms with E-state index in [0.29, 0.717) is 23.4 Å². The second-order valence-corrected chi connectivity index (χ2v) is 11.4. The Bertz CT molecular complexity index is 1080. The van der Waals surface area contributed by atoms with Gasteiger partial charge in [0, 0.05) is 32.2 Å². The fourth-order valence-corrected chi connectivity index (χ4v) is 7.24. The summed E-state index contributed by atoms with van der Waals surface area (Å²) >= 11 is 0. The molecule has 3 heterocycles. The Balaban J connectivity index is 1.27. The van der Waals surface area contributed by atoms with Crippen LogP contribution in [0.1, 0.15) is 72.3 Å². The maximum absolute atomic E-state index is 13.3. The lowest BCUT2D eigenvalue weighted by Crippen LogP contribution is -2.43. The summed E-state index contributed by atoms with van der Waals surface area (Å²) in [6, 6.07) is 10.9. The van der Waals surface area contributed by atoms with Crippen molar-refractivity contribution in [2.75, 3.05) is 26.2 Å². The first kappa shape index (κ1) is 24.9. The van der Waals surface area contributed by atoms with Crippen LogP contribution in [0.4, 0.5) is 0 Å². The molecule has 3 aliphatic rings. The SMILES string of the molecule is Cc1ncnc(C)c1C(=O)N1CC2CN(C(C)C[C@@H](c3ccccc3)C3(C(N)=O)CCCC3)CC2C1. The molecule has 0 spiro atoms. The van der Waals surface area contributed by atoms with Crippen LogP contribution in [-0.4, -0.2) is 63.8 Å². The minimum atomic E-state index is -0.443. The van der Waals surface area contributed by atoms with E-state index < -0.39 is 5.41 Å². The Labute approximate surface area is 214 Å². The van der Waals surface area contributed by atoms with Gasteiger partial charge in [0.05, 0.1) is 22.4 Å². The van der Waals surface area contributed by atoms with Crippen LogP contribution in [0.25, 0.3) is 0 Å². The first-order valence-corrected chi connectivity index (χ1v) is 13.5. The number of nitrogens with two attached hydrogens (primary N) is 1. The molecular weight excluding hydrogens is 450 g/mol. The highest BCUT2D eigenvalue weighted by atomic mass is 16.2. The van der Waals surface area contributed by atoms with E-state index in [4.69, 9.17) is 5.73 Å². The van der Waals surface area contributed by atoms with Crippen molar-refractivity contribution in [1.82, 2.24) is 19.8 Å². The van der Waals surface area contributed by atoms with Gasteiger partial charge in [0.15, 0.2) is 0 Å². The Morgan fingerprint density at radius 3 is 2.14 bits per heavy atom. The van der Waals surface area contributed by atoms with Crippen LogP contribution >= 0.6 is 0 Å². The number of benzene rings is 1. The highest BCUT2D eigenvalue weighted by Crippen LogP contribution is 2.51. The number of hydrogen-bond donors (Lipinski definition) is 1. The monoisotopic (exact) mass is 489 g/mol. The lowest BCUT2D eigenvalue weighted by Gasteiger charge is -2.39. The number of primary amides is 1. The summed E-state index contributed by atoms with van der Waals surface area (Å²) in [5, 5.41) is 0. The average Bonchev–Trinajstić information content (AvgIpc) is 3.58. The summed E-state index contributed by atoms with van der Waals surface area (Å²) in [4.78, 5) is 39.2. The van der Waals surface area contributed by atoms with Gasteiger partial charge >= 0.3 is 0 Å². The number of hydrogen-bond acceptors (Lipinski definition) is 5. The molecule has 2 aromatic rings. The number of rotatable bonds is 7. The maximum atomic E-state index is 13.3. The van der Waals surface area contributed by atoms with Crippen molar-refractivity contribution in [3.63, 3.8) is 0 Å². The summed E-state index contributed by atoms with van der Waals surface area (Å²) < 4.78 is 0. The number of aromatic nitrogens is 2.